The van der Waals surface area contributed by atoms with Gasteiger partial charge in [-0.1, -0.05) is 0 Å². The summed E-state index contributed by atoms with van der Waals surface area (Å²) in [6.45, 7) is 3.38. The van der Waals surface area contributed by atoms with Gasteiger partial charge in [-0.05, 0) is 26.3 Å². The van der Waals surface area contributed by atoms with Crippen molar-refractivity contribution < 1.29 is 23.1 Å². The number of piperidine rings is 1. The zero-order chi connectivity index (χ0) is 15.7. The Balaban J connectivity index is 2.18. The first-order valence-corrected chi connectivity index (χ1v) is 9.00. The van der Waals surface area contributed by atoms with Crippen molar-refractivity contribution in [1.82, 2.24) is 10.2 Å². The summed E-state index contributed by atoms with van der Waals surface area (Å²) in [4.78, 5) is 25.2. The predicted molar refractivity (Wildman–Crippen MR) is 76.6 cm³/mol. The van der Waals surface area contributed by atoms with E-state index in [1.54, 1.807) is 0 Å². The summed E-state index contributed by atoms with van der Waals surface area (Å²) in [7, 11) is -3.27. The minimum absolute atomic E-state index is 0.0850. The highest BCUT2D eigenvalue weighted by Crippen LogP contribution is 2.30. The molecule has 1 amide bonds. The van der Waals surface area contributed by atoms with Crippen molar-refractivity contribution in [3.8, 4) is 0 Å². The highest BCUT2D eigenvalue weighted by Gasteiger charge is 2.43. The molecular weight excluding hydrogens is 296 g/mol. The monoisotopic (exact) mass is 318 g/mol. The second-order valence-electron chi connectivity index (χ2n) is 6.21. The van der Waals surface area contributed by atoms with E-state index >= 15 is 0 Å². The third-order valence-electron chi connectivity index (χ3n) is 4.31. The number of aliphatic carboxylic acids is 1. The van der Waals surface area contributed by atoms with Gasteiger partial charge in [-0.25, -0.2) is 8.42 Å². The SMILES string of the molecule is CC1(C(=O)N2CCS(=O)(=O)CC2CC(=O)O)CCCNC1. The van der Waals surface area contributed by atoms with Crippen molar-refractivity contribution in [3.05, 3.63) is 0 Å². The van der Waals surface area contributed by atoms with Crippen LogP contribution in [0.2, 0.25) is 0 Å². The molecule has 2 aliphatic heterocycles. The predicted octanol–water partition coefficient (Wildman–Crippen LogP) is -0.524. The van der Waals surface area contributed by atoms with Crippen molar-refractivity contribution in [2.24, 2.45) is 5.41 Å². The molecule has 2 N–H and O–H groups in total. The summed E-state index contributed by atoms with van der Waals surface area (Å²) in [6, 6.07) is -0.757. The van der Waals surface area contributed by atoms with Crippen molar-refractivity contribution in [2.75, 3.05) is 31.1 Å². The maximum atomic E-state index is 12.8. The van der Waals surface area contributed by atoms with Gasteiger partial charge in [-0.3, -0.25) is 9.59 Å². The van der Waals surface area contributed by atoms with Crippen LogP contribution in [0, 0.1) is 5.41 Å². The summed E-state index contributed by atoms with van der Waals surface area (Å²) >= 11 is 0. The first-order valence-electron chi connectivity index (χ1n) is 7.17. The molecule has 2 rings (SSSR count). The Morgan fingerprint density at radius 1 is 1.43 bits per heavy atom. The Morgan fingerprint density at radius 2 is 2.14 bits per heavy atom. The molecule has 2 fully saturated rings. The van der Waals surface area contributed by atoms with Crippen molar-refractivity contribution in [1.29, 1.82) is 0 Å². The van der Waals surface area contributed by atoms with E-state index < -0.39 is 27.3 Å². The van der Waals surface area contributed by atoms with Crippen LogP contribution in [0.3, 0.4) is 0 Å². The topological polar surface area (TPSA) is 104 Å². The third-order valence-corrected chi connectivity index (χ3v) is 6.01. The summed E-state index contributed by atoms with van der Waals surface area (Å²) in [5, 5.41) is 12.2. The molecule has 0 aromatic heterocycles. The first kappa shape index (κ1) is 16.2. The molecule has 7 nitrogen and oxygen atoms in total. The second-order valence-corrected chi connectivity index (χ2v) is 8.43. The van der Waals surface area contributed by atoms with Crippen LogP contribution in [0.1, 0.15) is 26.2 Å². The Kier molecular flexibility index (Phi) is 4.57. The number of nitrogens with zero attached hydrogens (tertiary/aromatic N) is 1. The van der Waals surface area contributed by atoms with Gasteiger partial charge in [0.1, 0.15) is 0 Å². The standard InChI is InChI=1S/C13H22N2O5S/c1-13(3-2-4-14-9-13)12(18)15-5-6-21(19,20)8-10(15)7-11(16)17/h10,14H,2-9H2,1H3,(H,16,17). The molecule has 2 unspecified atom stereocenters. The molecule has 21 heavy (non-hydrogen) atoms. The largest absolute Gasteiger partial charge is 0.481 e. The van der Waals surface area contributed by atoms with E-state index in [-0.39, 0.29) is 30.4 Å². The van der Waals surface area contributed by atoms with Gasteiger partial charge in [0, 0.05) is 13.1 Å². The van der Waals surface area contributed by atoms with Gasteiger partial charge in [0.15, 0.2) is 9.84 Å². The van der Waals surface area contributed by atoms with Crippen LogP contribution in [0.25, 0.3) is 0 Å². The zero-order valence-corrected chi connectivity index (χ0v) is 13.0. The number of hydrogen-bond acceptors (Lipinski definition) is 5. The number of hydrogen-bond donors (Lipinski definition) is 2. The highest BCUT2D eigenvalue weighted by atomic mass is 32.2. The Morgan fingerprint density at radius 3 is 2.71 bits per heavy atom. The molecule has 0 aromatic carbocycles. The molecule has 0 radical (unpaired) electrons. The summed E-state index contributed by atoms with van der Waals surface area (Å²) in [5.41, 5.74) is -0.573. The number of amides is 1. The number of sulfone groups is 1. The zero-order valence-electron chi connectivity index (χ0n) is 12.2. The molecule has 2 atom stereocenters. The van der Waals surface area contributed by atoms with Gasteiger partial charge in [-0.2, -0.15) is 0 Å². The molecule has 0 aliphatic carbocycles. The lowest BCUT2D eigenvalue weighted by atomic mass is 9.81. The van der Waals surface area contributed by atoms with Crippen LogP contribution >= 0.6 is 0 Å². The molecule has 0 aromatic rings. The quantitative estimate of drug-likeness (QED) is 0.725. The van der Waals surface area contributed by atoms with E-state index in [1.165, 1.54) is 4.90 Å². The number of carboxylic acids is 1. The molecule has 0 spiro atoms. The Bertz CT molecular complexity index is 525. The number of carbonyl (C=O) groups is 2. The Labute approximate surface area is 124 Å². The van der Waals surface area contributed by atoms with Crippen LogP contribution in [-0.4, -0.2) is 67.5 Å². The van der Waals surface area contributed by atoms with Crippen LogP contribution in [0.5, 0.6) is 0 Å². The fraction of sp³-hybridized carbons (Fsp3) is 0.846. The van der Waals surface area contributed by atoms with E-state index in [2.05, 4.69) is 5.32 Å². The number of carboxylic acid groups (broad SMARTS) is 1. The van der Waals surface area contributed by atoms with Crippen molar-refractivity contribution in [3.63, 3.8) is 0 Å². The minimum Gasteiger partial charge on any atom is -0.481 e. The first-order chi connectivity index (χ1) is 9.73. The normalized spacial score (nSPS) is 32.6. The lowest BCUT2D eigenvalue weighted by Crippen LogP contribution is -2.58. The van der Waals surface area contributed by atoms with Crippen LogP contribution in [-0.2, 0) is 19.4 Å². The molecule has 2 saturated heterocycles. The van der Waals surface area contributed by atoms with Gasteiger partial charge < -0.3 is 15.3 Å². The fourth-order valence-electron chi connectivity index (χ4n) is 3.11. The van der Waals surface area contributed by atoms with Gasteiger partial charge >= 0.3 is 5.97 Å². The van der Waals surface area contributed by atoms with Gasteiger partial charge in [0.05, 0.1) is 29.4 Å². The van der Waals surface area contributed by atoms with Crippen molar-refractivity contribution >= 4 is 21.7 Å². The van der Waals surface area contributed by atoms with Crippen LogP contribution in [0.4, 0.5) is 0 Å². The summed E-state index contributed by atoms with van der Waals surface area (Å²) in [6.07, 6.45) is 1.30. The molecule has 0 saturated carbocycles. The van der Waals surface area contributed by atoms with Crippen LogP contribution in [0.15, 0.2) is 0 Å². The molecule has 2 heterocycles. The average molecular weight is 318 g/mol. The summed E-state index contributed by atoms with van der Waals surface area (Å²) in [5.74, 6) is -1.55. The maximum absolute atomic E-state index is 12.8. The van der Waals surface area contributed by atoms with Gasteiger partial charge in [-0.15, -0.1) is 0 Å². The fourth-order valence-corrected chi connectivity index (χ4v) is 4.64. The van der Waals surface area contributed by atoms with E-state index in [0.717, 1.165) is 19.4 Å². The highest BCUT2D eigenvalue weighted by molar-refractivity contribution is 7.91. The minimum atomic E-state index is -3.27. The van der Waals surface area contributed by atoms with Crippen LogP contribution < -0.4 is 5.32 Å². The Hall–Kier alpha value is -1.15. The van der Waals surface area contributed by atoms with E-state index in [4.69, 9.17) is 5.11 Å². The van der Waals surface area contributed by atoms with Gasteiger partial charge in [0.25, 0.3) is 0 Å². The smallest absolute Gasteiger partial charge is 0.305 e. The van der Waals surface area contributed by atoms with Crippen molar-refractivity contribution in [2.45, 2.75) is 32.2 Å². The number of nitrogens with one attached hydrogen (secondary N) is 1. The average Bonchev–Trinajstić information content (AvgIpc) is 2.37. The van der Waals surface area contributed by atoms with E-state index in [9.17, 15) is 18.0 Å². The molecule has 0 bridgehead atoms. The third kappa shape index (κ3) is 3.74. The lowest BCUT2D eigenvalue weighted by molar-refractivity contribution is -0.146. The lowest BCUT2D eigenvalue weighted by Gasteiger charge is -2.42. The molecule has 120 valence electrons. The maximum Gasteiger partial charge on any atom is 0.305 e. The second kappa shape index (κ2) is 5.92. The summed E-state index contributed by atoms with van der Waals surface area (Å²) < 4.78 is 23.4. The van der Waals surface area contributed by atoms with E-state index in [0.29, 0.717) is 6.54 Å². The van der Waals surface area contributed by atoms with E-state index in [1.807, 2.05) is 6.92 Å². The molecular formula is C13H22N2O5S. The molecule has 8 heteroatoms. The van der Waals surface area contributed by atoms with Gasteiger partial charge in [0.2, 0.25) is 5.91 Å². The molecule has 2 aliphatic rings. The number of rotatable bonds is 3. The number of carbonyl (C=O) groups excluding carboxylic acids is 1.